The number of hydrogen-bond donors (Lipinski definition) is 2. The lowest BCUT2D eigenvalue weighted by atomic mass is 9.94. The van der Waals surface area contributed by atoms with Gasteiger partial charge in [0.2, 0.25) is 0 Å². The average molecular weight is 425 g/mol. The van der Waals surface area contributed by atoms with Crippen molar-refractivity contribution in [2.24, 2.45) is 0 Å². The summed E-state index contributed by atoms with van der Waals surface area (Å²) < 4.78 is 5.87. The number of nitrogens with zero attached hydrogens (tertiary/aromatic N) is 1. The first-order valence-corrected chi connectivity index (χ1v) is 10.5. The average Bonchev–Trinajstić information content (AvgIpc) is 2.77. The number of dihydropyridines is 1. The molecular formula is C24H25ClN2O3. The van der Waals surface area contributed by atoms with Crippen LogP contribution in [0.2, 0.25) is 5.02 Å². The Kier molecular flexibility index (Phi) is 6.41. The summed E-state index contributed by atoms with van der Waals surface area (Å²) in [5, 5.41) is 13.1. The van der Waals surface area contributed by atoms with Crippen molar-refractivity contribution in [1.29, 1.82) is 0 Å². The van der Waals surface area contributed by atoms with Crippen molar-refractivity contribution < 1.29 is 14.6 Å². The van der Waals surface area contributed by atoms with Crippen LogP contribution in [0.1, 0.15) is 24.0 Å². The molecule has 0 aliphatic carbocycles. The van der Waals surface area contributed by atoms with Crippen LogP contribution in [-0.2, 0) is 11.4 Å². The van der Waals surface area contributed by atoms with Crippen LogP contribution in [0.5, 0.6) is 5.75 Å². The molecule has 0 unspecified atom stereocenters. The van der Waals surface area contributed by atoms with Crippen LogP contribution in [0.15, 0.2) is 65.8 Å². The number of carbonyl (C=O) groups is 1. The van der Waals surface area contributed by atoms with Gasteiger partial charge in [0.25, 0.3) is 0 Å². The van der Waals surface area contributed by atoms with Gasteiger partial charge < -0.3 is 15.2 Å². The normalized spacial score (nSPS) is 16.5. The van der Waals surface area contributed by atoms with Crippen LogP contribution in [0, 0.1) is 0 Å². The zero-order valence-corrected chi connectivity index (χ0v) is 17.5. The number of aliphatic carboxylic acids is 1. The Morgan fingerprint density at radius 1 is 1.13 bits per heavy atom. The predicted molar refractivity (Wildman–Crippen MR) is 119 cm³/mol. The second kappa shape index (κ2) is 9.37. The van der Waals surface area contributed by atoms with Gasteiger partial charge in [-0.2, -0.15) is 0 Å². The van der Waals surface area contributed by atoms with E-state index in [0.29, 0.717) is 13.2 Å². The van der Waals surface area contributed by atoms with Crippen molar-refractivity contribution in [3.63, 3.8) is 0 Å². The largest absolute Gasteiger partial charge is 0.489 e. The standard InChI is InChI=1S/C24H25ClN2O3/c25-21-5-1-17(2-6-21)16-30-22-7-3-18(4-8-22)23-13-19-9-11-27(12-10-24(28)29)15-20(19)14-26-23/h1-8,13,26H,9-12,14-16H2,(H,28,29). The monoisotopic (exact) mass is 424 g/mol. The van der Waals surface area contributed by atoms with Gasteiger partial charge in [-0.05, 0) is 71.2 Å². The summed E-state index contributed by atoms with van der Waals surface area (Å²) in [7, 11) is 0. The van der Waals surface area contributed by atoms with Gasteiger partial charge in [0.15, 0.2) is 0 Å². The summed E-state index contributed by atoms with van der Waals surface area (Å²) in [6, 6.07) is 15.8. The molecule has 0 saturated carbocycles. The molecule has 5 nitrogen and oxygen atoms in total. The van der Waals surface area contributed by atoms with E-state index in [1.54, 1.807) is 0 Å². The number of hydrogen-bond acceptors (Lipinski definition) is 4. The SMILES string of the molecule is O=C(O)CCN1CCC2=C(CNC(c3ccc(OCc4ccc(Cl)cc4)cc3)=C2)C1. The van der Waals surface area contributed by atoms with Crippen LogP contribution in [0.3, 0.4) is 0 Å². The van der Waals surface area contributed by atoms with E-state index < -0.39 is 5.97 Å². The summed E-state index contributed by atoms with van der Waals surface area (Å²) in [4.78, 5) is 13.0. The van der Waals surface area contributed by atoms with Gasteiger partial charge in [-0.1, -0.05) is 23.7 Å². The molecule has 2 aromatic carbocycles. The molecular weight excluding hydrogens is 400 g/mol. The van der Waals surface area contributed by atoms with Gasteiger partial charge in [-0.15, -0.1) is 0 Å². The molecule has 0 radical (unpaired) electrons. The van der Waals surface area contributed by atoms with Gasteiger partial charge in [0.05, 0.1) is 6.42 Å². The maximum absolute atomic E-state index is 10.8. The minimum Gasteiger partial charge on any atom is -0.489 e. The van der Waals surface area contributed by atoms with Gasteiger partial charge in [0, 0.05) is 36.9 Å². The second-order valence-corrected chi connectivity index (χ2v) is 8.09. The van der Waals surface area contributed by atoms with Crippen molar-refractivity contribution in [2.75, 3.05) is 26.2 Å². The first-order valence-electron chi connectivity index (χ1n) is 10.1. The molecule has 2 aliphatic rings. The highest BCUT2D eigenvalue weighted by atomic mass is 35.5. The molecule has 156 valence electrons. The van der Waals surface area contributed by atoms with E-state index in [1.165, 1.54) is 11.1 Å². The highest BCUT2D eigenvalue weighted by molar-refractivity contribution is 6.30. The molecule has 2 aromatic rings. The number of rotatable bonds is 7. The minimum atomic E-state index is -0.737. The Bertz CT molecular complexity index is 965. The number of ether oxygens (including phenoxy) is 1. The van der Waals surface area contributed by atoms with Gasteiger partial charge in [0.1, 0.15) is 12.4 Å². The van der Waals surface area contributed by atoms with Gasteiger partial charge >= 0.3 is 5.97 Å². The summed E-state index contributed by atoms with van der Waals surface area (Å²) in [6.07, 6.45) is 3.39. The van der Waals surface area contributed by atoms with Crippen molar-refractivity contribution in [1.82, 2.24) is 10.2 Å². The van der Waals surface area contributed by atoms with E-state index in [-0.39, 0.29) is 6.42 Å². The zero-order chi connectivity index (χ0) is 20.9. The Balaban J connectivity index is 1.36. The number of halogens is 1. The maximum Gasteiger partial charge on any atom is 0.304 e. The maximum atomic E-state index is 10.8. The van der Waals surface area contributed by atoms with Crippen LogP contribution in [-0.4, -0.2) is 42.2 Å². The summed E-state index contributed by atoms with van der Waals surface area (Å²) in [6.45, 7) is 3.68. The predicted octanol–water partition coefficient (Wildman–Crippen LogP) is 4.34. The van der Waals surface area contributed by atoms with Crippen LogP contribution in [0.4, 0.5) is 0 Å². The van der Waals surface area contributed by atoms with Crippen molar-refractivity contribution >= 4 is 23.3 Å². The van der Waals surface area contributed by atoms with Crippen LogP contribution in [0.25, 0.3) is 5.70 Å². The molecule has 0 aromatic heterocycles. The van der Waals surface area contributed by atoms with E-state index >= 15 is 0 Å². The van der Waals surface area contributed by atoms with E-state index in [1.807, 2.05) is 36.4 Å². The van der Waals surface area contributed by atoms with E-state index in [2.05, 4.69) is 28.4 Å². The van der Waals surface area contributed by atoms with Gasteiger partial charge in [-0.3, -0.25) is 9.69 Å². The first-order chi connectivity index (χ1) is 14.6. The Morgan fingerprint density at radius 2 is 1.90 bits per heavy atom. The number of carboxylic acid groups (broad SMARTS) is 1. The zero-order valence-electron chi connectivity index (χ0n) is 16.7. The molecule has 0 atom stereocenters. The Labute approximate surface area is 181 Å². The topological polar surface area (TPSA) is 61.8 Å². The van der Waals surface area contributed by atoms with E-state index in [0.717, 1.165) is 53.7 Å². The number of carboxylic acids is 1. The third-order valence-electron chi connectivity index (χ3n) is 5.50. The molecule has 2 N–H and O–H groups in total. The summed E-state index contributed by atoms with van der Waals surface area (Å²) in [5.74, 6) is 0.0936. The Hall–Kier alpha value is -2.76. The molecule has 0 spiro atoms. The van der Waals surface area contributed by atoms with Crippen LogP contribution >= 0.6 is 11.6 Å². The summed E-state index contributed by atoms with van der Waals surface area (Å²) in [5.41, 5.74) is 6.07. The number of allylic oxidation sites excluding steroid dienone is 1. The third-order valence-corrected chi connectivity index (χ3v) is 5.75. The molecule has 0 saturated heterocycles. The minimum absolute atomic E-state index is 0.198. The molecule has 0 fully saturated rings. The molecule has 6 heteroatoms. The fourth-order valence-electron chi connectivity index (χ4n) is 3.78. The van der Waals surface area contributed by atoms with Crippen molar-refractivity contribution in [3.8, 4) is 5.75 Å². The quantitative estimate of drug-likeness (QED) is 0.692. The van der Waals surface area contributed by atoms with Crippen molar-refractivity contribution in [3.05, 3.63) is 81.9 Å². The fourth-order valence-corrected chi connectivity index (χ4v) is 3.91. The van der Waals surface area contributed by atoms with Gasteiger partial charge in [-0.25, -0.2) is 0 Å². The fraction of sp³-hybridized carbons (Fsp3) is 0.292. The van der Waals surface area contributed by atoms with Crippen LogP contribution < -0.4 is 10.1 Å². The lowest BCUT2D eigenvalue weighted by molar-refractivity contribution is -0.137. The Morgan fingerprint density at radius 3 is 2.63 bits per heavy atom. The molecule has 30 heavy (non-hydrogen) atoms. The first kappa shape index (κ1) is 20.5. The highest BCUT2D eigenvalue weighted by Crippen LogP contribution is 2.27. The third kappa shape index (κ3) is 5.23. The highest BCUT2D eigenvalue weighted by Gasteiger charge is 2.21. The van der Waals surface area contributed by atoms with Crippen molar-refractivity contribution in [2.45, 2.75) is 19.4 Å². The lowest BCUT2D eigenvalue weighted by Crippen LogP contribution is -2.37. The second-order valence-electron chi connectivity index (χ2n) is 7.65. The molecule has 0 bridgehead atoms. The number of nitrogens with one attached hydrogen (secondary N) is 1. The van der Waals surface area contributed by atoms with E-state index in [4.69, 9.17) is 21.4 Å². The van der Waals surface area contributed by atoms with E-state index in [9.17, 15) is 4.79 Å². The summed E-state index contributed by atoms with van der Waals surface area (Å²) >= 11 is 5.92. The molecule has 2 aliphatic heterocycles. The lowest BCUT2D eigenvalue weighted by Gasteiger charge is -2.33. The molecule has 2 heterocycles. The smallest absolute Gasteiger partial charge is 0.304 e. The number of benzene rings is 2. The molecule has 0 amide bonds. The molecule has 4 rings (SSSR count).